The van der Waals surface area contributed by atoms with Crippen LogP contribution in [0.15, 0.2) is 12.2 Å². The summed E-state index contributed by atoms with van der Waals surface area (Å²) in [6, 6.07) is 0. The molecule has 17 heteroatoms. The standard InChI is InChI=1S/C11H5F15O2/c1-3(2)4(27)28-8(17,7(15,16)11(24,25)26)5(12,9(18,19)20)6(13,14)10(21,22)23/h1H2,2H3. The van der Waals surface area contributed by atoms with E-state index in [1.54, 1.807) is 0 Å². The highest BCUT2D eigenvalue weighted by atomic mass is 19.4. The van der Waals surface area contributed by atoms with Crippen molar-refractivity contribution in [1.82, 2.24) is 0 Å². The molecule has 0 aromatic carbocycles. The highest BCUT2D eigenvalue weighted by Crippen LogP contribution is 2.64. The van der Waals surface area contributed by atoms with E-state index in [-0.39, 0.29) is 6.92 Å². The lowest BCUT2D eigenvalue weighted by atomic mass is 9.83. The van der Waals surface area contributed by atoms with E-state index in [1.807, 2.05) is 0 Å². The maximum absolute atomic E-state index is 14.2. The van der Waals surface area contributed by atoms with E-state index in [9.17, 15) is 70.7 Å². The second kappa shape index (κ2) is 6.60. The van der Waals surface area contributed by atoms with Crippen LogP contribution in [0, 0.1) is 0 Å². The quantitative estimate of drug-likeness (QED) is 0.315. The summed E-state index contributed by atoms with van der Waals surface area (Å²) in [4.78, 5) is 11.0. The largest absolute Gasteiger partial charge is 0.460 e. The van der Waals surface area contributed by atoms with Gasteiger partial charge in [0.25, 0.3) is 0 Å². The van der Waals surface area contributed by atoms with Gasteiger partial charge in [0.2, 0.25) is 0 Å². The Labute approximate surface area is 143 Å². The molecule has 0 aliphatic rings. The number of carbonyl (C=O) groups is 1. The van der Waals surface area contributed by atoms with E-state index in [0.29, 0.717) is 0 Å². The van der Waals surface area contributed by atoms with Crippen LogP contribution >= 0.6 is 0 Å². The number of carbonyl (C=O) groups excluding carboxylic acids is 1. The van der Waals surface area contributed by atoms with Gasteiger partial charge in [0.05, 0.1) is 0 Å². The Morgan fingerprint density at radius 2 is 0.964 bits per heavy atom. The molecule has 166 valence electrons. The van der Waals surface area contributed by atoms with Crippen LogP contribution in [0.25, 0.3) is 0 Å². The third-order valence-corrected chi connectivity index (χ3v) is 2.96. The van der Waals surface area contributed by atoms with Gasteiger partial charge in [-0.1, -0.05) is 6.58 Å². The molecule has 0 bridgehead atoms. The Bertz CT molecular complexity index is 627. The molecule has 0 spiro atoms. The highest BCUT2D eigenvalue weighted by molar-refractivity contribution is 5.87. The zero-order valence-electron chi connectivity index (χ0n) is 12.7. The van der Waals surface area contributed by atoms with E-state index in [2.05, 4.69) is 11.3 Å². The predicted octanol–water partition coefficient (Wildman–Crippen LogP) is 5.44. The van der Waals surface area contributed by atoms with Crippen LogP contribution in [0.4, 0.5) is 65.9 Å². The SMILES string of the molecule is C=C(C)C(=O)OC(F)(C(F)(F)C(F)(F)F)C(F)(C(F)(F)F)C(F)(F)C(F)(F)F. The number of hydrogen-bond acceptors (Lipinski definition) is 2. The van der Waals surface area contributed by atoms with E-state index in [0.717, 1.165) is 0 Å². The minimum atomic E-state index is -8.45. The van der Waals surface area contributed by atoms with Crippen molar-refractivity contribution < 1.29 is 75.4 Å². The summed E-state index contributed by atoms with van der Waals surface area (Å²) in [7, 11) is 0. The number of esters is 1. The molecule has 0 saturated carbocycles. The van der Waals surface area contributed by atoms with Crippen LogP contribution in [0.3, 0.4) is 0 Å². The van der Waals surface area contributed by atoms with Gasteiger partial charge in [-0.05, 0) is 6.92 Å². The summed E-state index contributed by atoms with van der Waals surface area (Å²) in [5.74, 6) is -27.4. The van der Waals surface area contributed by atoms with Gasteiger partial charge in [0.15, 0.2) is 0 Å². The lowest BCUT2D eigenvalue weighted by molar-refractivity contribution is -0.481. The second-order valence-electron chi connectivity index (χ2n) is 5.07. The molecule has 0 heterocycles. The average molecular weight is 454 g/mol. The second-order valence-corrected chi connectivity index (χ2v) is 5.07. The molecule has 0 saturated heterocycles. The van der Waals surface area contributed by atoms with Gasteiger partial charge in [0.1, 0.15) is 0 Å². The lowest BCUT2D eigenvalue weighted by Crippen LogP contribution is -2.79. The fourth-order valence-electron chi connectivity index (χ4n) is 1.51. The summed E-state index contributed by atoms with van der Waals surface area (Å²) in [5.41, 5.74) is -10.0. The predicted molar refractivity (Wildman–Crippen MR) is 56.6 cm³/mol. The van der Waals surface area contributed by atoms with Crippen molar-refractivity contribution in [3.05, 3.63) is 12.2 Å². The van der Waals surface area contributed by atoms with Crippen LogP contribution in [0.5, 0.6) is 0 Å². The monoisotopic (exact) mass is 454 g/mol. The van der Waals surface area contributed by atoms with Crippen LogP contribution in [-0.4, -0.2) is 47.9 Å². The Morgan fingerprint density at radius 3 is 1.18 bits per heavy atom. The maximum atomic E-state index is 14.2. The molecular weight excluding hydrogens is 449 g/mol. The first kappa shape index (κ1) is 26.2. The topological polar surface area (TPSA) is 26.3 Å². The van der Waals surface area contributed by atoms with Gasteiger partial charge in [-0.15, -0.1) is 0 Å². The first-order valence-corrected chi connectivity index (χ1v) is 6.05. The molecule has 0 radical (unpaired) electrons. The number of hydrogen-bond donors (Lipinski definition) is 0. The van der Waals surface area contributed by atoms with Crippen molar-refractivity contribution in [3.8, 4) is 0 Å². The fraction of sp³-hybridized carbons (Fsp3) is 0.727. The molecule has 2 unspecified atom stereocenters. The molecule has 0 fully saturated rings. The van der Waals surface area contributed by atoms with E-state index in [4.69, 9.17) is 0 Å². The first-order chi connectivity index (χ1) is 11.8. The Balaban J connectivity index is 7.41. The Kier molecular flexibility index (Phi) is 6.17. The summed E-state index contributed by atoms with van der Waals surface area (Å²) in [5, 5.41) is 0. The molecular formula is C11H5F15O2. The molecule has 2 atom stereocenters. The van der Waals surface area contributed by atoms with Crippen LogP contribution in [-0.2, 0) is 9.53 Å². The molecule has 28 heavy (non-hydrogen) atoms. The molecule has 0 aromatic heterocycles. The normalized spacial score (nSPS) is 18.9. The van der Waals surface area contributed by atoms with E-state index < -0.39 is 53.4 Å². The molecule has 0 rings (SSSR count). The van der Waals surface area contributed by atoms with Gasteiger partial charge in [0, 0.05) is 5.57 Å². The van der Waals surface area contributed by atoms with Crippen LogP contribution < -0.4 is 0 Å². The van der Waals surface area contributed by atoms with E-state index in [1.165, 1.54) is 0 Å². The average Bonchev–Trinajstić information content (AvgIpc) is 2.41. The minimum absolute atomic E-state index is 0.226. The van der Waals surface area contributed by atoms with Crippen molar-refractivity contribution in [2.24, 2.45) is 0 Å². The number of halogens is 15. The maximum Gasteiger partial charge on any atom is 0.460 e. The van der Waals surface area contributed by atoms with Crippen LogP contribution in [0.1, 0.15) is 6.92 Å². The smallest absolute Gasteiger partial charge is 0.415 e. The van der Waals surface area contributed by atoms with Crippen molar-refractivity contribution in [2.75, 3.05) is 0 Å². The molecule has 0 aliphatic heterocycles. The number of ether oxygens (including phenoxy) is 1. The first-order valence-electron chi connectivity index (χ1n) is 6.05. The third kappa shape index (κ3) is 3.46. The lowest BCUT2D eigenvalue weighted by Gasteiger charge is -2.46. The molecule has 0 N–H and O–H groups in total. The van der Waals surface area contributed by atoms with Gasteiger partial charge >= 0.3 is 47.9 Å². The number of rotatable bonds is 5. The summed E-state index contributed by atoms with van der Waals surface area (Å²) < 4.78 is 195. The zero-order chi connectivity index (χ0) is 23.4. The van der Waals surface area contributed by atoms with Gasteiger partial charge in [-0.3, -0.25) is 0 Å². The number of alkyl halides is 15. The van der Waals surface area contributed by atoms with Gasteiger partial charge in [-0.2, -0.15) is 61.5 Å². The van der Waals surface area contributed by atoms with Gasteiger partial charge < -0.3 is 4.74 Å². The minimum Gasteiger partial charge on any atom is -0.415 e. The zero-order valence-corrected chi connectivity index (χ0v) is 12.7. The Hall–Kier alpha value is -1.84. The van der Waals surface area contributed by atoms with Crippen molar-refractivity contribution in [3.63, 3.8) is 0 Å². The molecule has 2 nitrogen and oxygen atoms in total. The van der Waals surface area contributed by atoms with Gasteiger partial charge in [-0.25, -0.2) is 9.18 Å². The van der Waals surface area contributed by atoms with Crippen molar-refractivity contribution in [1.29, 1.82) is 0 Å². The summed E-state index contributed by atoms with van der Waals surface area (Å²) >= 11 is 0. The molecule has 0 amide bonds. The summed E-state index contributed by atoms with van der Waals surface area (Å²) in [6.07, 6.45) is -23.7. The van der Waals surface area contributed by atoms with E-state index >= 15 is 0 Å². The fourth-order valence-corrected chi connectivity index (χ4v) is 1.51. The van der Waals surface area contributed by atoms with Crippen molar-refractivity contribution >= 4 is 5.97 Å². The molecule has 0 aliphatic carbocycles. The molecule has 0 aromatic rings. The van der Waals surface area contributed by atoms with Crippen LogP contribution in [0.2, 0.25) is 0 Å². The highest BCUT2D eigenvalue weighted by Gasteiger charge is 2.97. The van der Waals surface area contributed by atoms with Crippen molar-refractivity contribution in [2.45, 2.75) is 48.8 Å². The summed E-state index contributed by atoms with van der Waals surface area (Å²) in [6.45, 7) is 2.58. The Morgan fingerprint density at radius 1 is 0.643 bits per heavy atom. The third-order valence-electron chi connectivity index (χ3n) is 2.96.